The molecule has 2 aromatic carbocycles. The van der Waals surface area contributed by atoms with Gasteiger partial charge in [-0.15, -0.1) is 11.6 Å². The molecular weight excluding hydrogens is 375 g/mol. The van der Waals surface area contributed by atoms with Crippen molar-refractivity contribution in [3.8, 4) is 0 Å². The summed E-state index contributed by atoms with van der Waals surface area (Å²) >= 11 is 13.5. The summed E-state index contributed by atoms with van der Waals surface area (Å²) in [5, 5.41) is 0.00340. The quantitative estimate of drug-likeness (QED) is 0.562. The molecule has 0 heterocycles. The Hall–Kier alpha value is -0.310. The van der Waals surface area contributed by atoms with Crippen LogP contribution in [0.4, 0.5) is 0 Å². The minimum atomic E-state index is 0.00340. The Labute approximate surface area is 130 Å². The smallest absolute Gasteiger partial charge is 0.0628 e. The van der Waals surface area contributed by atoms with Crippen LogP contribution in [0, 0.1) is 6.92 Å². The van der Waals surface area contributed by atoms with E-state index in [9.17, 15) is 0 Å². The van der Waals surface area contributed by atoms with E-state index in [0.29, 0.717) is 0 Å². The molecule has 3 heteroatoms. The molecule has 2 aromatic rings. The normalized spacial score (nSPS) is 12.4. The zero-order valence-electron chi connectivity index (χ0n) is 9.96. The lowest BCUT2D eigenvalue weighted by Gasteiger charge is -2.13. The van der Waals surface area contributed by atoms with Crippen molar-refractivity contribution < 1.29 is 0 Å². The molecule has 0 aromatic heterocycles. The van der Waals surface area contributed by atoms with Crippen LogP contribution in [0.15, 0.2) is 51.4 Å². The Bertz CT molecular complexity index is 535. The summed E-state index contributed by atoms with van der Waals surface area (Å²) in [7, 11) is 0. The standard InChI is InChI=1S/C15H13Br2Cl/c1-10-2-5-13(17)9-14(10)15(18)8-11-3-6-12(16)7-4-11/h2-7,9,15H,8H2,1H3. The second-order valence-electron chi connectivity index (χ2n) is 4.30. The molecule has 94 valence electrons. The van der Waals surface area contributed by atoms with Crippen molar-refractivity contribution in [3.05, 3.63) is 68.1 Å². The number of halogens is 3. The van der Waals surface area contributed by atoms with Crippen LogP contribution in [0.5, 0.6) is 0 Å². The maximum Gasteiger partial charge on any atom is 0.0628 e. The molecule has 0 fully saturated rings. The molecular formula is C15H13Br2Cl. The van der Waals surface area contributed by atoms with E-state index in [4.69, 9.17) is 11.6 Å². The highest BCUT2D eigenvalue weighted by atomic mass is 79.9. The molecule has 0 saturated carbocycles. The van der Waals surface area contributed by atoms with Gasteiger partial charge >= 0.3 is 0 Å². The summed E-state index contributed by atoms with van der Waals surface area (Å²) < 4.78 is 2.17. The third-order valence-electron chi connectivity index (χ3n) is 2.91. The predicted octanol–water partition coefficient (Wildman–Crippen LogP) is 6.04. The molecule has 18 heavy (non-hydrogen) atoms. The second kappa shape index (κ2) is 6.23. The minimum absolute atomic E-state index is 0.00340. The molecule has 0 N–H and O–H groups in total. The molecule has 0 aliphatic carbocycles. The van der Waals surface area contributed by atoms with Crippen LogP contribution in [0.1, 0.15) is 22.1 Å². The van der Waals surface area contributed by atoms with Crippen molar-refractivity contribution >= 4 is 43.5 Å². The zero-order chi connectivity index (χ0) is 13.1. The van der Waals surface area contributed by atoms with Crippen LogP contribution < -0.4 is 0 Å². The summed E-state index contributed by atoms with van der Waals surface area (Å²) in [6.45, 7) is 2.10. The van der Waals surface area contributed by atoms with E-state index in [0.717, 1.165) is 15.4 Å². The Kier molecular flexibility index (Phi) is 4.88. The highest BCUT2D eigenvalue weighted by Crippen LogP contribution is 2.30. The third-order valence-corrected chi connectivity index (χ3v) is 4.32. The summed E-state index contributed by atoms with van der Waals surface area (Å²) in [5.74, 6) is 0. The van der Waals surface area contributed by atoms with Crippen LogP contribution in [-0.2, 0) is 6.42 Å². The van der Waals surface area contributed by atoms with Crippen molar-refractivity contribution in [2.75, 3.05) is 0 Å². The van der Waals surface area contributed by atoms with E-state index in [-0.39, 0.29) is 5.38 Å². The van der Waals surface area contributed by atoms with Gasteiger partial charge in [0, 0.05) is 8.95 Å². The fourth-order valence-electron chi connectivity index (χ4n) is 1.89. The van der Waals surface area contributed by atoms with E-state index in [1.807, 2.05) is 18.2 Å². The van der Waals surface area contributed by atoms with Gasteiger partial charge in [0.25, 0.3) is 0 Å². The number of rotatable bonds is 3. The lowest BCUT2D eigenvalue weighted by Crippen LogP contribution is -1.98. The van der Waals surface area contributed by atoms with Gasteiger partial charge < -0.3 is 0 Å². The van der Waals surface area contributed by atoms with E-state index in [2.05, 4.69) is 63.0 Å². The van der Waals surface area contributed by atoms with Gasteiger partial charge in [-0.25, -0.2) is 0 Å². The van der Waals surface area contributed by atoms with E-state index in [1.165, 1.54) is 16.7 Å². The Morgan fingerprint density at radius 1 is 1.00 bits per heavy atom. The summed E-state index contributed by atoms with van der Waals surface area (Å²) in [6.07, 6.45) is 0.839. The number of aryl methyl sites for hydroxylation is 1. The molecule has 1 atom stereocenters. The highest BCUT2D eigenvalue weighted by Gasteiger charge is 2.12. The first-order chi connectivity index (χ1) is 8.56. The Morgan fingerprint density at radius 3 is 2.28 bits per heavy atom. The lowest BCUT2D eigenvalue weighted by molar-refractivity contribution is 0.908. The number of benzene rings is 2. The Morgan fingerprint density at radius 2 is 1.61 bits per heavy atom. The largest absolute Gasteiger partial charge is 0.117 e. The fraction of sp³-hybridized carbons (Fsp3) is 0.200. The van der Waals surface area contributed by atoms with Crippen molar-refractivity contribution in [3.63, 3.8) is 0 Å². The first-order valence-electron chi connectivity index (χ1n) is 5.71. The van der Waals surface area contributed by atoms with Gasteiger partial charge in [-0.3, -0.25) is 0 Å². The van der Waals surface area contributed by atoms with E-state index < -0.39 is 0 Å². The van der Waals surface area contributed by atoms with E-state index >= 15 is 0 Å². The molecule has 0 aliphatic heterocycles. The average Bonchev–Trinajstić information content (AvgIpc) is 2.35. The fourth-order valence-corrected chi connectivity index (χ4v) is 2.94. The summed E-state index contributed by atoms with van der Waals surface area (Å²) in [4.78, 5) is 0. The van der Waals surface area contributed by atoms with Gasteiger partial charge in [0.2, 0.25) is 0 Å². The van der Waals surface area contributed by atoms with Gasteiger partial charge in [0.15, 0.2) is 0 Å². The van der Waals surface area contributed by atoms with Gasteiger partial charge in [0.1, 0.15) is 0 Å². The predicted molar refractivity (Wildman–Crippen MR) is 85.3 cm³/mol. The van der Waals surface area contributed by atoms with Crippen LogP contribution in [0.2, 0.25) is 0 Å². The maximum absolute atomic E-state index is 6.53. The lowest BCUT2D eigenvalue weighted by atomic mass is 10.0. The maximum atomic E-state index is 6.53. The van der Waals surface area contributed by atoms with Crippen molar-refractivity contribution in [2.24, 2.45) is 0 Å². The van der Waals surface area contributed by atoms with E-state index in [1.54, 1.807) is 0 Å². The summed E-state index contributed by atoms with van der Waals surface area (Å²) in [6, 6.07) is 14.5. The second-order valence-corrected chi connectivity index (χ2v) is 6.66. The van der Waals surface area contributed by atoms with Crippen molar-refractivity contribution in [1.29, 1.82) is 0 Å². The average molecular weight is 389 g/mol. The number of hydrogen-bond acceptors (Lipinski definition) is 0. The van der Waals surface area contributed by atoms with Gasteiger partial charge in [-0.2, -0.15) is 0 Å². The van der Waals surface area contributed by atoms with Crippen LogP contribution in [0.25, 0.3) is 0 Å². The zero-order valence-corrected chi connectivity index (χ0v) is 13.9. The number of hydrogen-bond donors (Lipinski definition) is 0. The van der Waals surface area contributed by atoms with Gasteiger partial charge in [-0.1, -0.05) is 50.1 Å². The first-order valence-corrected chi connectivity index (χ1v) is 7.73. The molecule has 0 radical (unpaired) electrons. The summed E-state index contributed by atoms with van der Waals surface area (Å²) in [5.41, 5.74) is 3.67. The molecule has 0 bridgehead atoms. The van der Waals surface area contributed by atoms with Crippen molar-refractivity contribution in [1.82, 2.24) is 0 Å². The Balaban J connectivity index is 2.18. The monoisotopic (exact) mass is 386 g/mol. The molecule has 0 saturated heterocycles. The molecule has 0 nitrogen and oxygen atoms in total. The van der Waals surface area contributed by atoms with Gasteiger partial charge in [-0.05, 0) is 54.3 Å². The number of alkyl halides is 1. The van der Waals surface area contributed by atoms with Crippen LogP contribution in [0.3, 0.4) is 0 Å². The first kappa shape index (κ1) is 14.1. The minimum Gasteiger partial charge on any atom is -0.117 e. The molecule has 2 rings (SSSR count). The topological polar surface area (TPSA) is 0 Å². The third kappa shape index (κ3) is 3.59. The molecule has 0 spiro atoms. The molecule has 0 amide bonds. The molecule has 1 unspecified atom stereocenters. The van der Waals surface area contributed by atoms with Crippen LogP contribution >= 0.6 is 43.5 Å². The SMILES string of the molecule is Cc1ccc(Br)cc1C(Cl)Cc1ccc(Br)cc1. The molecule has 0 aliphatic rings. The highest BCUT2D eigenvalue weighted by molar-refractivity contribution is 9.10. The van der Waals surface area contributed by atoms with Crippen LogP contribution in [-0.4, -0.2) is 0 Å². The van der Waals surface area contributed by atoms with Gasteiger partial charge in [0.05, 0.1) is 5.38 Å². The van der Waals surface area contributed by atoms with Crippen molar-refractivity contribution in [2.45, 2.75) is 18.7 Å².